The van der Waals surface area contributed by atoms with Crippen LogP contribution in [-0.4, -0.2) is 7.11 Å². The highest BCUT2D eigenvalue weighted by atomic mass is 32.2. The Kier molecular flexibility index (Phi) is 4.44. The van der Waals surface area contributed by atoms with E-state index in [9.17, 15) is 0 Å². The largest absolute Gasteiger partial charge is 0.496 e. The van der Waals surface area contributed by atoms with Gasteiger partial charge in [0.05, 0.1) is 12.0 Å². The molecule has 0 aliphatic carbocycles. The van der Waals surface area contributed by atoms with Crippen LogP contribution >= 0.6 is 11.8 Å². The third-order valence-corrected chi connectivity index (χ3v) is 4.61. The second-order valence-corrected chi connectivity index (χ2v) is 6.24. The highest BCUT2D eigenvalue weighted by Gasteiger charge is 2.09. The molecule has 0 spiro atoms. The molecule has 0 amide bonds. The first-order valence-corrected chi connectivity index (χ1v) is 8.05. The van der Waals surface area contributed by atoms with Crippen molar-refractivity contribution in [2.75, 3.05) is 18.6 Å². The van der Waals surface area contributed by atoms with Crippen molar-refractivity contribution in [2.45, 2.75) is 9.79 Å². The Morgan fingerprint density at radius 3 is 2.30 bits per heavy atom. The molecule has 0 atom stereocenters. The number of hydrogen-bond donors (Lipinski definition) is 2. The number of benzene rings is 3. The molecule has 0 saturated carbocycles. The summed E-state index contributed by atoms with van der Waals surface area (Å²) < 4.78 is 5.56. The van der Waals surface area contributed by atoms with Crippen molar-refractivity contribution in [3.8, 4) is 16.9 Å². The van der Waals surface area contributed by atoms with Gasteiger partial charge < -0.3 is 16.2 Å². The number of para-hydroxylation sites is 1. The molecule has 0 heterocycles. The van der Waals surface area contributed by atoms with Crippen LogP contribution in [0.15, 0.2) is 76.5 Å². The molecule has 0 aromatic heterocycles. The molecule has 0 aliphatic rings. The van der Waals surface area contributed by atoms with E-state index >= 15 is 0 Å². The zero-order valence-electron chi connectivity index (χ0n) is 12.8. The smallest absolute Gasteiger partial charge is 0.133 e. The van der Waals surface area contributed by atoms with Gasteiger partial charge in [-0.25, -0.2) is 0 Å². The Labute approximate surface area is 140 Å². The van der Waals surface area contributed by atoms with Gasteiger partial charge in [-0.05, 0) is 48.0 Å². The summed E-state index contributed by atoms with van der Waals surface area (Å²) >= 11 is 1.64. The van der Waals surface area contributed by atoms with E-state index in [1.54, 1.807) is 18.9 Å². The van der Waals surface area contributed by atoms with Crippen molar-refractivity contribution in [2.24, 2.45) is 0 Å². The van der Waals surface area contributed by atoms with Gasteiger partial charge in [-0.1, -0.05) is 36.0 Å². The fraction of sp³-hybridized carbons (Fsp3) is 0.0526. The van der Waals surface area contributed by atoms with Crippen molar-refractivity contribution < 1.29 is 4.74 Å². The summed E-state index contributed by atoms with van der Waals surface area (Å²) in [5.74, 6) is 0.826. The van der Waals surface area contributed by atoms with Crippen LogP contribution in [0.3, 0.4) is 0 Å². The zero-order valence-corrected chi connectivity index (χ0v) is 13.6. The minimum absolute atomic E-state index is 0.758. The predicted octanol–water partition coefficient (Wildman–Crippen LogP) is 4.68. The summed E-state index contributed by atoms with van der Waals surface area (Å²) in [5, 5.41) is 0. The number of rotatable bonds is 4. The number of nitrogens with two attached hydrogens (primary N) is 2. The van der Waals surface area contributed by atoms with Crippen LogP contribution in [0.2, 0.25) is 0 Å². The predicted molar refractivity (Wildman–Crippen MR) is 97.8 cm³/mol. The first-order valence-electron chi connectivity index (χ1n) is 7.23. The van der Waals surface area contributed by atoms with E-state index in [4.69, 9.17) is 16.2 Å². The lowest BCUT2D eigenvalue weighted by atomic mass is 10.0. The highest BCUT2D eigenvalue weighted by molar-refractivity contribution is 7.99. The lowest BCUT2D eigenvalue weighted by Gasteiger charge is -2.12. The molecular formula is C19H18N2OS. The van der Waals surface area contributed by atoms with Crippen LogP contribution < -0.4 is 16.2 Å². The van der Waals surface area contributed by atoms with Gasteiger partial charge in [0.25, 0.3) is 0 Å². The molecule has 23 heavy (non-hydrogen) atoms. The highest BCUT2D eigenvalue weighted by Crippen LogP contribution is 2.38. The maximum Gasteiger partial charge on any atom is 0.133 e. The van der Waals surface area contributed by atoms with Gasteiger partial charge in [-0.3, -0.25) is 0 Å². The zero-order chi connectivity index (χ0) is 16.2. The lowest BCUT2D eigenvalue weighted by Crippen LogP contribution is -1.91. The van der Waals surface area contributed by atoms with Crippen LogP contribution in [-0.2, 0) is 0 Å². The van der Waals surface area contributed by atoms with Gasteiger partial charge in [0.1, 0.15) is 5.75 Å². The van der Waals surface area contributed by atoms with Gasteiger partial charge in [0, 0.05) is 21.8 Å². The first-order chi connectivity index (χ1) is 11.2. The average molecular weight is 322 g/mol. The third-order valence-electron chi connectivity index (χ3n) is 3.54. The quantitative estimate of drug-likeness (QED) is 0.685. The van der Waals surface area contributed by atoms with Gasteiger partial charge in [0.2, 0.25) is 0 Å². The Morgan fingerprint density at radius 1 is 0.870 bits per heavy atom. The summed E-state index contributed by atoms with van der Waals surface area (Å²) in [5.41, 5.74) is 15.4. The maximum absolute atomic E-state index is 6.06. The molecule has 4 heteroatoms. The van der Waals surface area contributed by atoms with Gasteiger partial charge in [-0.15, -0.1) is 0 Å². The van der Waals surface area contributed by atoms with E-state index in [1.165, 1.54) is 0 Å². The van der Waals surface area contributed by atoms with E-state index in [0.717, 1.165) is 38.0 Å². The van der Waals surface area contributed by atoms with Crippen molar-refractivity contribution in [3.63, 3.8) is 0 Å². The molecule has 0 unspecified atom stereocenters. The number of hydrogen-bond acceptors (Lipinski definition) is 4. The number of anilines is 2. The van der Waals surface area contributed by atoms with E-state index < -0.39 is 0 Å². The van der Waals surface area contributed by atoms with E-state index in [1.807, 2.05) is 54.6 Å². The maximum atomic E-state index is 6.06. The molecule has 3 nitrogen and oxygen atoms in total. The van der Waals surface area contributed by atoms with Gasteiger partial charge in [0.15, 0.2) is 0 Å². The number of methoxy groups -OCH3 is 1. The molecule has 3 rings (SSSR count). The summed E-state index contributed by atoms with van der Waals surface area (Å²) in [4.78, 5) is 2.17. The molecule has 3 aromatic carbocycles. The number of ether oxygens (including phenoxy) is 1. The molecule has 116 valence electrons. The molecule has 0 bridgehead atoms. The minimum Gasteiger partial charge on any atom is -0.496 e. The topological polar surface area (TPSA) is 61.3 Å². The second-order valence-electron chi connectivity index (χ2n) is 5.12. The Bertz CT molecular complexity index is 816. The molecule has 3 aromatic rings. The van der Waals surface area contributed by atoms with Crippen LogP contribution in [0.4, 0.5) is 11.4 Å². The third kappa shape index (κ3) is 3.43. The standard InChI is InChI=1S/C19H18N2OS/c1-22-18-12-13(16-4-2-3-5-17(16)21)6-11-19(18)23-15-9-7-14(20)8-10-15/h2-12H,20-21H2,1H3. The monoisotopic (exact) mass is 322 g/mol. The fourth-order valence-electron chi connectivity index (χ4n) is 2.34. The molecule has 0 saturated heterocycles. The summed E-state index contributed by atoms with van der Waals surface area (Å²) in [6.07, 6.45) is 0. The van der Waals surface area contributed by atoms with Crippen molar-refractivity contribution in [3.05, 3.63) is 66.7 Å². The SMILES string of the molecule is COc1cc(-c2ccccc2N)ccc1Sc1ccc(N)cc1. The van der Waals surface area contributed by atoms with Crippen molar-refractivity contribution in [1.82, 2.24) is 0 Å². The van der Waals surface area contributed by atoms with Crippen LogP contribution in [0, 0.1) is 0 Å². The van der Waals surface area contributed by atoms with Gasteiger partial charge in [-0.2, -0.15) is 0 Å². The van der Waals surface area contributed by atoms with E-state index in [-0.39, 0.29) is 0 Å². The van der Waals surface area contributed by atoms with Gasteiger partial charge >= 0.3 is 0 Å². The Balaban J connectivity index is 1.94. The summed E-state index contributed by atoms with van der Waals surface area (Å²) in [7, 11) is 1.68. The second kappa shape index (κ2) is 6.67. The Morgan fingerprint density at radius 2 is 1.61 bits per heavy atom. The van der Waals surface area contributed by atoms with Crippen molar-refractivity contribution in [1.29, 1.82) is 0 Å². The lowest BCUT2D eigenvalue weighted by molar-refractivity contribution is 0.405. The minimum atomic E-state index is 0.758. The van der Waals surface area contributed by atoms with Crippen LogP contribution in [0.5, 0.6) is 5.75 Å². The molecule has 4 N–H and O–H groups in total. The normalized spacial score (nSPS) is 10.5. The molecule has 0 fully saturated rings. The van der Waals surface area contributed by atoms with Crippen molar-refractivity contribution >= 4 is 23.1 Å². The first kappa shape index (κ1) is 15.3. The summed E-state index contributed by atoms with van der Waals surface area (Å²) in [6.45, 7) is 0. The summed E-state index contributed by atoms with van der Waals surface area (Å²) in [6, 6.07) is 21.8. The van der Waals surface area contributed by atoms with Crippen LogP contribution in [0.1, 0.15) is 0 Å². The Hall–Kier alpha value is -2.59. The van der Waals surface area contributed by atoms with E-state index in [0.29, 0.717) is 0 Å². The molecule has 0 aliphatic heterocycles. The molecule has 0 radical (unpaired) electrons. The van der Waals surface area contributed by atoms with Crippen LogP contribution in [0.25, 0.3) is 11.1 Å². The average Bonchev–Trinajstić information content (AvgIpc) is 2.58. The van der Waals surface area contributed by atoms with E-state index in [2.05, 4.69) is 12.1 Å². The molecular weight excluding hydrogens is 304 g/mol. The number of nitrogen functional groups attached to an aromatic ring is 2. The fourth-order valence-corrected chi connectivity index (χ4v) is 3.25.